The first-order valence-electron chi connectivity index (χ1n) is 27.7. The zero-order valence-electron chi connectivity index (χ0n) is 45.5. The van der Waals surface area contributed by atoms with E-state index in [0.717, 1.165) is 25.7 Å². The van der Waals surface area contributed by atoms with Crippen LogP contribution in [-0.4, -0.2) is 4.57 Å². The number of hydrogen-bond donors (Lipinski definition) is 0. The fraction of sp³-hybridized carbons (Fsp3) is 0.200. The summed E-state index contributed by atoms with van der Waals surface area (Å²) < 4.78 is 2.53. The predicted molar refractivity (Wildman–Crippen MR) is 324 cm³/mol. The van der Waals surface area contributed by atoms with E-state index in [1.807, 2.05) is 0 Å². The summed E-state index contributed by atoms with van der Waals surface area (Å²) in [7, 11) is 0. The van der Waals surface area contributed by atoms with E-state index in [9.17, 15) is 0 Å². The standard InChI is InChI=1S/C59H51N.C16H16/c1-6-54-48(32-27-38-17-8-7-9-18-38)47-22-13-15-25-55(47)60(54)56-26-16-24-51-57(56)49-34-30-41(37-53(49)59(51,4)5)43-33-29-40(42-19-10-11-20-44(42)43)35-39-28-31-46-45-21-12-14-23-50(45)58(2,3)52(46)36-39;1-11-8-9-13-12-6-4-5-7-14(12)16(2,3)15(13)10-11/h6,8,10-26,28-34,36-37H,7,9,27,35H2,1-5H3;4-10H,1-3H3/b48-32-,54-6+;. The summed E-state index contributed by atoms with van der Waals surface area (Å²) in [5.41, 5.74) is 27.3. The highest BCUT2D eigenvalue weighted by atomic mass is 15.0. The zero-order chi connectivity index (χ0) is 52.1. The van der Waals surface area contributed by atoms with Crippen LogP contribution in [0.4, 0.5) is 0 Å². The van der Waals surface area contributed by atoms with Crippen molar-refractivity contribution in [1.29, 1.82) is 0 Å². The van der Waals surface area contributed by atoms with Crippen molar-refractivity contribution in [3.8, 4) is 50.2 Å². The quantitative estimate of drug-likeness (QED) is 0.156. The maximum absolute atomic E-state index is 2.53. The monoisotopic (exact) mass is 982 g/mol. The lowest BCUT2D eigenvalue weighted by atomic mass is 9.81. The Balaban J connectivity index is 0.000000294. The van der Waals surface area contributed by atoms with Gasteiger partial charge in [0.1, 0.15) is 0 Å². The summed E-state index contributed by atoms with van der Waals surface area (Å²) in [5.74, 6) is 0. The number of aromatic nitrogens is 1. The third kappa shape index (κ3) is 7.49. The van der Waals surface area contributed by atoms with Gasteiger partial charge >= 0.3 is 0 Å². The molecular weight excluding hydrogens is 915 g/mol. The van der Waals surface area contributed by atoms with Crippen molar-refractivity contribution in [1.82, 2.24) is 4.57 Å². The molecule has 4 aliphatic rings. The van der Waals surface area contributed by atoms with Crippen molar-refractivity contribution in [2.45, 2.75) is 97.3 Å². The Bertz CT molecular complexity index is 4210. The number of para-hydroxylation sites is 1. The van der Waals surface area contributed by atoms with Crippen LogP contribution in [0, 0.1) is 6.92 Å². The highest BCUT2D eigenvalue weighted by molar-refractivity contribution is 6.00. The van der Waals surface area contributed by atoms with E-state index in [4.69, 9.17) is 0 Å². The molecule has 0 amide bonds. The predicted octanol–water partition coefficient (Wildman–Crippen LogP) is 18.2. The van der Waals surface area contributed by atoms with E-state index in [0.29, 0.717) is 0 Å². The molecule has 14 rings (SSSR count). The molecule has 0 spiro atoms. The summed E-state index contributed by atoms with van der Waals surface area (Å²) in [6, 6.07) is 68.6. The van der Waals surface area contributed by atoms with Crippen LogP contribution in [-0.2, 0) is 22.7 Å². The minimum Gasteiger partial charge on any atom is -0.309 e. The molecule has 0 N–H and O–H groups in total. The number of fused-ring (bicyclic) bond motifs is 11. The number of nitrogens with zero attached hydrogens (tertiary/aromatic N) is 1. The van der Waals surface area contributed by atoms with Gasteiger partial charge in [0, 0.05) is 37.8 Å². The molecule has 0 saturated carbocycles. The molecule has 0 fully saturated rings. The molecule has 1 heterocycles. The average Bonchev–Trinajstić information content (AvgIpc) is 4.22. The Kier molecular flexibility index (Phi) is 11.4. The Labute approximate surface area is 450 Å². The van der Waals surface area contributed by atoms with Crippen molar-refractivity contribution >= 4 is 33.8 Å². The molecule has 1 nitrogen and oxygen atoms in total. The SMILES string of the molecule is C/C=c1\c(=C/CC2=CCCC=C2)c2ccccc2n1-c1cccc2c1-c1ccc(-c3ccc(Cc4ccc5c(c4)C(C)(C)c4ccccc4-5)c4ccccc34)cc1C2(C)C.Cc1ccc2c(c1)C(C)(C)c1ccccc1-2. The Morgan fingerprint density at radius 3 is 1.80 bits per heavy atom. The van der Waals surface area contributed by atoms with Gasteiger partial charge in [0.25, 0.3) is 0 Å². The second kappa shape index (κ2) is 18.1. The van der Waals surface area contributed by atoms with E-state index in [2.05, 4.69) is 272 Å². The number of hydrogen-bond acceptors (Lipinski definition) is 0. The van der Waals surface area contributed by atoms with Gasteiger partial charge in [-0.25, -0.2) is 0 Å². The first-order valence-corrected chi connectivity index (χ1v) is 27.7. The molecular formula is C75H67N. The minimum absolute atomic E-state index is 0.00603. The van der Waals surface area contributed by atoms with Gasteiger partial charge in [-0.3, -0.25) is 0 Å². The van der Waals surface area contributed by atoms with Crippen molar-refractivity contribution in [2.75, 3.05) is 0 Å². The first kappa shape index (κ1) is 47.7. The highest BCUT2D eigenvalue weighted by Gasteiger charge is 2.39. The fourth-order valence-electron chi connectivity index (χ4n) is 13.9. The van der Waals surface area contributed by atoms with Crippen LogP contribution in [0.25, 0.3) is 84.0 Å². The van der Waals surface area contributed by atoms with Crippen LogP contribution in [0.3, 0.4) is 0 Å². The van der Waals surface area contributed by atoms with Gasteiger partial charge < -0.3 is 4.57 Å². The molecule has 1 heteroatoms. The second-order valence-corrected chi connectivity index (χ2v) is 23.5. The van der Waals surface area contributed by atoms with E-state index in [-0.39, 0.29) is 16.2 Å². The van der Waals surface area contributed by atoms with Gasteiger partial charge in [-0.05, 0) is 158 Å². The summed E-state index contributed by atoms with van der Waals surface area (Å²) in [5, 5.41) is 6.52. The van der Waals surface area contributed by atoms with Gasteiger partial charge in [-0.2, -0.15) is 0 Å². The maximum atomic E-state index is 2.53. The van der Waals surface area contributed by atoms with Crippen molar-refractivity contribution < 1.29 is 0 Å². The lowest BCUT2D eigenvalue weighted by molar-refractivity contribution is 0.659. The molecule has 0 aliphatic heterocycles. The molecule has 0 atom stereocenters. The Morgan fingerprint density at radius 1 is 0.487 bits per heavy atom. The summed E-state index contributed by atoms with van der Waals surface area (Å²) in [4.78, 5) is 0. The highest BCUT2D eigenvalue weighted by Crippen LogP contribution is 2.53. The van der Waals surface area contributed by atoms with Crippen LogP contribution >= 0.6 is 0 Å². The first-order chi connectivity index (χ1) is 36.8. The Hall–Kier alpha value is -8.00. The van der Waals surface area contributed by atoms with E-state index >= 15 is 0 Å². The number of aryl methyl sites for hydroxylation is 1. The second-order valence-electron chi connectivity index (χ2n) is 23.5. The van der Waals surface area contributed by atoms with Gasteiger partial charge in [0.05, 0.1) is 11.2 Å². The van der Waals surface area contributed by atoms with Gasteiger partial charge in [-0.1, -0.05) is 241 Å². The maximum Gasteiger partial charge on any atom is 0.0543 e. The number of allylic oxidation sites excluding steroid dienone is 4. The third-order valence-electron chi connectivity index (χ3n) is 17.9. The number of benzene rings is 9. The minimum atomic E-state index is -0.165. The zero-order valence-corrected chi connectivity index (χ0v) is 45.5. The lowest BCUT2D eigenvalue weighted by Crippen LogP contribution is -2.28. The fourth-order valence-corrected chi connectivity index (χ4v) is 13.9. The number of rotatable bonds is 6. The van der Waals surface area contributed by atoms with Crippen LogP contribution < -0.4 is 10.6 Å². The molecule has 0 radical (unpaired) electrons. The Morgan fingerprint density at radius 2 is 1.08 bits per heavy atom. The van der Waals surface area contributed by atoms with Crippen molar-refractivity contribution in [2.24, 2.45) is 0 Å². The van der Waals surface area contributed by atoms with Gasteiger partial charge in [0.15, 0.2) is 0 Å². The summed E-state index contributed by atoms with van der Waals surface area (Å²) in [6.45, 7) is 18.6. The van der Waals surface area contributed by atoms with Gasteiger partial charge in [0.2, 0.25) is 0 Å². The molecule has 0 unspecified atom stereocenters. The van der Waals surface area contributed by atoms with Crippen LogP contribution in [0.2, 0.25) is 0 Å². The third-order valence-corrected chi connectivity index (χ3v) is 17.9. The van der Waals surface area contributed by atoms with E-state index in [1.165, 1.54) is 138 Å². The van der Waals surface area contributed by atoms with Crippen LogP contribution in [0.15, 0.2) is 206 Å². The lowest BCUT2D eigenvalue weighted by Gasteiger charge is -2.23. The molecule has 372 valence electrons. The van der Waals surface area contributed by atoms with Gasteiger partial charge in [-0.15, -0.1) is 0 Å². The molecule has 1 aromatic heterocycles. The smallest absolute Gasteiger partial charge is 0.0543 e. The largest absolute Gasteiger partial charge is 0.309 e. The normalized spacial score (nSPS) is 16.1. The van der Waals surface area contributed by atoms with E-state index < -0.39 is 0 Å². The average molecular weight is 982 g/mol. The summed E-state index contributed by atoms with van der Waals surface area (Å²) in [6.07, 6.45) is 15.9. The van der Waals surface area contributed by atoms with Crippen LogP contribution in [0.5, 0.6) is 0 Å². The van der Waals surface area contributed by atoms with Crippen LogP contribution in [0.1, 0.15) is 118 Å². The molecule has 0 saturated heterocycles. The molecule has 76 heavy (non-hydrogen) atoms. The molecule has 9 aromatic carbocycles. The summed E-state index contributed by atoms with van der Waals surface area (Å²) >= 11 is 0. The van der Waals surface area contributed by atoms with Crippen molar-refractivity contribution in [3.05, 3.63) is 266 Å². The molecule has 10 aromatic rings. The van der Waals surface area contributed by atoms with Crippen molar-refractivity contribution in [3.63, 3.8) is 0 Å². The topological polar surface area (TPSA) is 4.93 Å². The molecule has 4 aliphatic carbocycles. The van der Waals surface area contributed by atoms with E-state index in [1.54, 1.807) is 0 Å². The molecule has 0 bridgehead atoms.